The zero-order chi connectivity index (χ0) is 14.4. The van der Waals surface area contributed by atoms with Crippen molar-refractivity contribution in [1.29, 1.82) is 0 Å². The van der Waals surface area contributed by atoms with Crippen molar-refractivity contribution in [3.63, 3.8) is 0 Å². The molecule has 6 nitrogen and oxygen atoms in total. The van der Waals surface area contributed by atoms with Crippen LogP contribution in [0.1, 0.15) is 15.9 Å². The highest BCUT2D eigenvalue weighted by atomic mass is 32.1. The Bertz CT molecular complexity index is 510. The number of carbonyl (C=O) groups excluding carboxylic acids is 1. The summed E-state index contributed by atoms with van der Waals surface area (Å²) in [6, 6.07) is 7.19. The van der Waals surface area contributed by atoms with Crippen molar-refractivity contribution < 1.29 is 9.53 Å². The summed E-state index contributed by atoms with van der Waals surface area (Å²) in [5, 5.41) is 3.96. The lowest BCUT2D eigenvalue weighted by Crippen LogP contribution is -2.40. The number of nitrogens with one attached hydrogen (secondary N) is 1. The van der Waals surface area contributed by atoms with Gasteiger partial charge in [-0.3, -0.25) is 10.2 Å². The van der Waals surface area contributed by atoms with Crippen LogP contribution in [0.15, 0.2) is 29.4 Å². The summed E-state index contributed by atoms with van der Waals surface area (Å²) in [6.45, 7) is 2.47. The van der Waals surface area contributed by atoms with Crippen LogP contribution in [0.25, 0.3) is 0 Å². The Labute approximate surface area is 122 Å². The third kappa shape index (κ3) is 4.01. The molecule has 1 amide bonds. The van der Waals surface area contributed by atoms with Gasteiger partial charge < -0.3 is 15.4 Å². The van der Waals surface area contributed by atoms with Gasteiger partial charge in [0.05, 0.1) is 19.4 Å². The summed E-state index contributed by atoms with van der Waals surface area (Å²) in [5.74, 6) is 0.0260. The van der Waals surface area contributed by atoms with Gasteiger partial charge in [0.15, 0.2) is 5.11 Å². The Hall–Kier alpha value is -1.99. The fraction of sp³-hybridized carbons (Fsp3) is 0.308. The maximum Gasteiger partial charge on any atom is 0.254 e. The van der Waals surface area contributed by atoms with Crippen LogP contribution in [0.3, 0.4) is 0 Å². The number of nitrogens with two attached hydrogens (primary N) is 1. The van der Waals surface area contributed by atoms with Gasteiger partial charge in [0.25, 0.3) is 5.91 Å². The molecule has 0 aliphatic carbocycles. The standard InChI is InChI=1S/C13H16N4O2S/c14-13(20)16-15-9-10-1-3-11(4-2-10)12(18)17-5-7-19-8-6-17/h1-4,9H,5-8H2,(H3,14,16,20). The van der Waals surface area contributed by atoms with E-state index >= 15 is 0 Å². The molecule has 1 heterocycles. The molecule has 0 radical (unpaired) electrons. The number of thiocarbonyl (C=S) groups is 1. The van der Waals surface area contributed by atoms with E-state index in [2.05, 4.69) is 22.7 Å². The zero-order valence-corrected chi connectivity index (χ0v) is 11.7. The number of benzene rings is 1. The van der Waals surface area contributed by atoms with Crippen molar-refractivity contribution in [3.8, 4) is 0 Å². The first-order valence-corrected chi connectivity index (χ1v) is 6.63. The van der Waals surface area contributed by atoms with Gasteiger partial charge in [-0.1, -0.05) is 12.1 Å². The second kappa shape index (κ2) is 6.97. The van der Waals surface area contributed by atoms with Crippen molar-refractivity contribution in [2.45, 2.75) is 0 Å². The Morgan fingerprint density at radius 1 is 1.35 bits per heavy atom. The quantitative estimate of drug-likeness (QED) is 0.477. The van der Waals surface area contributed by atoms with Gasteiger partial charge >= 0.3 is 0 Å². The minimum Gasteiger partial charge on any atom is -0.378 e. The molecular formula is C13H16N4O2S. The summed E-state index contributed by atoms with van der Waals surface area (Å²) in [6.07, 6.45) is 1.59. The van der Waals surface area contributed by atoms with Crippen molar-refractivity contribution in [1.82, 2.24) is 10.3 Å². The third-order valence-electron chi connectivity index (χ3n) is 2.84. The molecule has 20 heavy (non-hydrogen) atoms. The van der Waals surface area contributed by atoms with E-state index in [1.54, 1.807) is 23.2 Å². The van der Waals surface area contributed by atoms with Crippen LogP contribution in [0.5, 0.6) is 0 Å². The second-order valence-electron chi connectivity index (χ2n) is 4.26. The van der Waals surface area contributed by atoms with Gasteiger partial charge in [-0.05, 0) is 29.9 Å². The molecule has 0 aromatic heterocycles. The molecule has 3 N–H and O–H groups in total. The van der Waals surface area contributed by atoms with E-state index < -0.39 is 0 Å². The average Bonchev–Trinajstić information content (AvgIpc) is 2.48. The predicted octanol–water partition coefficient (Wildman–Crippen LogP) is 0.326. The van der Waals surface area contributed by atoms with Crippen molar-refractivity contribution in [3.05, 3.63) is 35.4 Å². The summed E-state index contributed by atoms with van der Waals surface area (Å²) < 4.78 is 5.23. The fourth-order valence-corrected chi connectivity index (χ4v) is 1.88. The number of carbonyl (C=O) groups is 1. The molecule has 0 atom stereocenters. The Balaban J connectivity index is 1.98. The number of hydrogen-bond acceptors (Lipinski definition) is 4. The summed E-state index contributed by atoms with van der Waals surface area (Å²) in [5.41, 5.74) is 9.23. The first-order valence-electron chi connectivity index (χ1n) is 6.22. The molecule has 0 bridgehead atoms. The van der Waals surface area contributed by atoms with Crippen LogP contribution in [0.2, 0.25) is 0 Å². The smallest absolute Gasteiger partial charge is 0.254 e. The van der Waals surface area contributed by atoms with Crippen molar-refractivity contribution in [2.75, 3.05) is 26.3 Å². The number of nitrogens with zero attached hydrogens (tertiary/aromatic N) is 2. The van der Waals surface area contributed by atoms with Gasteiger partial charge in [0.1, 0.15) is 0 Å². The predicted molar refractivity (Wildman–Crippen MR) is 80.7 cm³/mol. The summed E-state index contributed by atoms with van der Waals surface area (Å²) in [4.78, 5) is 14.0. The number of ether oxygens (including phenoxy) is 1. The average molecular weight is 292 g/mol. The number of morpholine rings is 1. The van der Waals surface area contributed by atoms with Crippen LogP contribution >= 0.6 is 12.2 Å². The first kappa shape index (κ1) is 14.4. The highest BCUT2D eigenvalue weighted by Crippen LogP contribution is 2.08. The minimum atomic E-state index is 0.0260. The van der Waals surface area contributed by atoms with Crippen molar-refractivity contribution >= 4 is 29.5 Å². The zero-order valence-electron chi connectivity index (χ0n) is 10.9. The number of rotatable bonds is 3. The normalized spacial score (nSPS) is 15.3. The number of hydrazone groups is 1. The molecule has 106 valence electrons. The molecular weight excluding hydrogens is 276 g/mol. The molecule has 1 aliphatic rings. The Morgan fingerprint density at radius 3 is 2.60 bits per heavy atom. The highest BCUT2D eigenvalue weighted by molar-refractivity contribution is 7.80. The van der Waals surface area contributed by atoms with Gasteiger partial charge in [-0.2, -0.15) is 5.10 Å². The number of amides is 1. The maximum absolute atomic E-state index is 12.2. The lowest BCUT2D eigenvalue weighted by Gasteiger charge is -2.26. The van der Waals surface area contributed by atoms with Gasteiger partial charge in [-0.25, -0.2) is 0 Å². The van der Waals surface area contributed by atoms with E-state index in [1.165, 1.54) is 0 Å². The molecule has 0 saturated carbocycles. The minimum absolute atomic E-state index is 0.0260. The first-order chi connectivity index (χ1) is 9.66. The lowest BCUT2D eigenvalue weighted by atomic mass is 10.1. The topological polar surface area (TPSA) is 79.9 Å². The number of hydrogen-bond donors (Lipinski definition) is 2. The Kier molecular flexibility index (Phi) is 5.03. The van der Waals surface area contributed by atoms with Crippen LogP contribution in [-0.4, -0.2) is 48.4 Å². The molecule has 1 saturated heterocycles. The van der Waals surface area contributed by atoms with Crippen LogP contribution < -0.4 is 11.2 Å². The molecule has 1 aliphatic heterocycles. The fourth-order valence-electron chi connectivity index (χ4n) is 1.83. The van der Waals surface area contributed by atoms with Gasteiger partial charge in [0, 0.05) is 18.7 Å². The highest BCUT2D eigenvalue weighted by Gasteiger charge is 2.17. The SMILES string of the molecule is NC(=S)NN=Cc1ccc(C(=O)N2CCOCC2)cc1. The lowest BCUT2D eigenvalue weighted by molar-refractivity contribution is 0.0303. The van der Waals surface area contributed by atoms with E-state index in [4.69, 9.17) is 10.5 Å². The van der Waals surface area contributed by atoms with E-state index in [1.807, 2.05) is 12.1 Å². The molecule has 7 heteroatoms. The summed E-state index contributed by atoms with van der Waals surface area (Å²) >= 11 is 4.63. The van der Waals surface area contributed by atoms with Gasteiger partial charge in [-0.15, -0.1) is 0 Å². The van der Waals surface area contributed by atoms with E-state index in [-0.39, 0.29) is 11.0 Å². The largest absolute Gasteiger partial charge is 0.378 e. The molecule has 0 spiro atoms. The van der Waals surface area contributed by atoms with E-state index in [9.17, 15) is 4.79 Å². The molecule has 1 aromatic carbocycles. The van der Waals surface area contributed by atoms with E-state index in [0.717, 1.165) is 5.56 Å². The second-order valence-corrected chi connectivity index (χ2v) is 4.70. The van der Waals surface area contributed by atoms with E-state index in [0.29, 0.717) is 31.9 Å². The molecule has 1 fully saturated rings. The molecule has 2 rings (SSSR count). The van der Waals surface area contributed by atoms with Crippen molar-refractivity contribution in [2.24, 2.45) is 10.8 Å². The van der Waals surface area contributed by atoms with Gasteiger partial charge in [0.2, 0.25) is 0 Å². The summed E-state index contributed by atoms with van der Waals surface area (Å²) in [7, 11) is 0. The molecule has 0 unspecified atom stereocenters. The molecule has 1 aromatic rings. The third-order valence-corrected chi connectivity index (χ3v) is 2.94. The monoisotopic (exact) mass is 292 g/mol. The maximum atomic E-state index is 12.2. The van der Waals surface area contributed by atoms with Crippen LogP contribution in [0, 0.1) is 0 Å². The van der Waals surface area contributed by atoms with Crippen LogP contribution in [0.4, 0.5) is 0 Å². The van der Waals surface area contributed by atoms with Crippen LogP contribution in [-0.2, 0) is 4.74 Å². The Morgan fingerprint density at radius 2 is 2.00 bits per heavy atom.